The van der Waals surface area contributed by atoms with Crippen LogP contribution in [0.2, 0.25) is 5.28 Å². The van der Waals surface area contributed by atoms with Gasteiger partial charge in [-0.25, -0.2) is 9.97 Å². The molecule has 0 aromatic carbocycles. The number of allylic oxidation sites excluding steroid dienone is 2. The van der Waals surface area contributed by atoms with E-state index < -0.39 is 0 Å². The predicted molar refractivity (Wildman–Crippen MR) is 93.4 cm³/mol. The van der Waals surface area contributed by atoms with Gasteiger partial charge in [0.1, 0.15) is 0 Å². The number of halogens is 1. The summed E-state index contributed by atoms with van der Waals surface area (Å²) >= 11 is 5.99. The Morgan fingerprint density at radius 2 is 1.33 bits per heavy atom. The van der Waals surface area contributed by atoms with Crippen LogP contribution in [0.15, 0.2) is 18.2 Å². The largest absolute Gasteiger partial charge is 0.223 e. The van der Waals surface area contributed by atoms with Crippen molar-refractivity contribution in [3.05, 3.63) is 34.9 Å². The minimum atomic E-state index is 0.318. The quantitative estimate of drug-likeness (QED) is 0.373. The number of aromatic nitrogens is 2. The molecular weight excluding hydrogens is 280 g/mol. The van der Waals surface area contributed by atoms with E-state index in [9.17, 15) is 0 Å². The molecule has 1 aromatic heterocycles. The van der Waals surface area contributed by atoms with Gasteiger partial charge in [-0.1, -0.05) is 51.7 Å². The summed E-state index contributed by atoms with van der Waals surface area (Å²) in [7, 11) is 0. The van der Waals surface area contributed by atoms with Crippen LogP contribution in [-0.2, 0) is 0 Å². The molecule has 0 bridgehead atoms. The molecule has 0 saturated carbocycles. The zero-order valence-corrected chi connectivity index (χ0v) is 14.1. The van der Waals surface area contributed by atoms with Gasteiger partial charge in [0.2, 0.25) is 5.28 Å². The Bertz CT molecular complexity index is 414. The van der Waals surface area contributed by atoms with E-state index in [0.717, 1.165) is 24.2 Å². The normalized spacial score (nSPS) is 11.8. The molecule has 2 nitrogen and oxygen atoms in total. The Labute approximate surface area is 134 Å². The lowest BCUT2D eigenvalue weighted by atomic mass is 10.2. The second kappa shape index (κ2) is 11.5. The lowest BCUT2D eigenvalue weighted by Gasteiger charge is -1.99. The molecule has 0 fully saturated rings. The van der Waals surface area contributed by atoms with Crippen molar-refractivity contribution in [3.8, 4) is 0 Å². The number of hydrogen-bond donors (Lipinski definition) is 0. The highest BCUT2D eigenvalue weighted by molar-refractivity contribution is 6.28. The molecule has 0 spiro atoms. The van der Waals surface area contributed by atoms with Gasteiger partial charge in [-0.15, -0.1) is 0 Å². The van der Waals surface area contributed by atoms with E-state index in [1.807, 2.05) is 18.2 Å². The Hall–Kier alpha value is -1.15. The third-order valence-corrected chi connectivity index (χ3v) is 3.43. The molecule has 0 atom stereocenters. The summed E-state index contributed by atoms with van der Waals surface area (Å²) in [5.41, 5.74) is 1.78. The van der Waals surface area contributed by atoms with Gasteiger partial charge in [-0.2, -0.15) is 0 Å². The third kappa shape index (κ3) is 8.67. The van der Waals surface area contributed by atoms with E-state index >= 15 is 0 Å². The van der Waals surface area contributed by atoms with Crippen molar-refractivity contribution in [2.75, 3.05) is 0 Å². The zero-order chi connectivity index (χ0) is 15.3. The molecule has 0 unspecified atom stereocenters. The van der Waals surface area contributed by atoms with Crippen LogP contribution in [0.5, 0.6) is 0 Å². The van der Waals surface area contributed by atoms with Gasteiger partial charge in [0.05, 0.1) is 11.4 Å². The molecule has 1 heterocycles. The number of unbranched alkanes of at least 4 members (excludes halogenated alkanes) is 6. The standard InChI is InChI=1S/C18H27ClN2/c1-3-5-7-9-11-13-16-15-17(21-18(19)20-16)14-12-10-8-6-4-2/h11-15H,3-10H2,1-2H3/b13-11+,14-12+. The Balaban J connectivity index is 2.54. The summed E-state index contributed by atoms with van der Waals surface area (Å²) in [6, 6.07) is 1.98. The maximum atomic E-state index is 5.99. The van der Waals surface area contributed by atoms with E-state index in [-0.39, 0.29) is 0 Å². The van der Waals surface area contributed by atoms with E-state index in [2.05, 4.69) is 36.0 Å². The molecule has 0 saturated heterocycles. The van der Waals surface area contributed by atoms with E-state index in [0.29, 0.717) is 5.28 Å². The van der Waals surface area contributed by atoms with Gasteiger partial charge in [-0.05, 0) is 55.5 Å². The number of nitrogens with zero attached hydrogens (tertiary/aromatic N) is 2. The molecule has 21 heavy (non-hydrogen) atoms. The van der Waals surface area contributed by atoms with E-state index in [4.69, 9.17) is 11.6 Å². The summed E-state index contributed by atoms with van der Waals surface area (Å²) in [5.74, 6) is 0. The van der Waals surface area contributed by atoms with E-state index in [1.165, 1.54) is 38.5 Å². The van der Waals surface area contributed by atoms with Crippen LogP contribution in [0, 0.1) is 0 Å². The van der Waals surface area contributed by atoms with Crippen molar-refractivity contribution >= 4 is 23.8 Å². The lowest BCUT2D eigenvalue weighted by Crippen LogP contribution is -1.90. The van der Waals surface area contributed by atoms with Gasteiger partial charge in [0, 0.05) is 0 Å². The highest BCUT2D eigenvalue weighted by Gasteiger charge is 1.98. The minimum Gasteiger partial charge on any atom is -0.219 e. The van der Waals surface area contributed by atoms with Gasteiger partial charge < -0.3 is 0 Å². The summed E-state index contributed by atoms with van der Waals surface area (Å²) in [5, 5.41) is 0.318. The van der Waals surface area contributed by atoms with Crippen molar-refractivity contribution in [2.45, 2.75) is 65.2 Å². The molecule has 0 N–H and O–H groups in total. The van der Waals surface area contributed by atoms with Crippen LogP contribution in [0.1, 0.15) is 76.6 Å². The molecule has 0 aliphatic heterocycles. The maximum Gasteiger partial charge on any atom is 0.223 e. The molecule has 0 radical (unpaired) electrons. The fraction of sp³-hybridized carbons (Fsp3) is 0.556. The molecule has 1 aromatic rings. The first-order valence-electron chi connectivity index (χ1n) is 8.14. The first-order chi connectivity index (χ1) is 10.3. The highest BCUT2D eigenvalue weighted by atomic mass is 35.5. The second-order valence-electron chi connectivity index (χ2n) is 5.28. The van der Waals surface area contributed by atoms with Gasteiger partial charge in [0.25, 0.3) is 0 Å². The highest BCUT2D eigenvalue weighted by Crippen LogP contribution is 2.11. The van der Waals surface area contributed by atoms with Crippen molar-refractivity contribution in [3.63, 3.8) is 0 Å². The van der Waals surface area contributed by atoms with Crippen molar-refractivity contribution in [1.29, 1.82) is 0 Å². The molecule has 116 valence electrons. The average Bonchev–Trinajstić information content (AvgIpc) is 2.46. The number of rotatable bonds is 10. The zero-order valence-electron chi connectivity index (χ0n) is 13.3. The predicted octanol–water partition coefficient (Wildman–Crippen LogP) is 6.32. The Morgan fingerprint density at radius 1 is 0.857 bits per heavy atom. The van der Waals surface area contributed by atoms with Crippen LogP contribution in [-0.4, -0.2) is 9.97 Å². The fourth-order valence-electron chi connectivity index (χ4n) is 2.06. The molecule has 1 rings (SSSR count). The second-order valence-corrected chi connectivity index (χ2v) is 5.62. The summed E-state index contributed by atoms with van der Waals surface area (Å²) in [4.78, 5) is 8.49. The summed E-state index contributed by atoms with van der Waals surface area (Å²) in [6.07, 6.45) is 18.1. The Morgan fingerprint density at radius 3 is 1.76 bits per heavy atom. The summed E-state index contributed by atoms with van der Waals surface area (Å²) < 4.78 is 0. The monoisotopic (exact) mass is 306 g/mol. The third-order valence-electron chi connectivity index (χ3n) is 3.26. The van der Waals surface area contributed by atoms with E-state index in [1.54, 1.807) is 0 Å². The summed E-state index contributed by atoms with van der Waals surface area (Å²) in [6.45, 7) is 4.43. The average molecular weight is 307 g/mol. The molecule has 0 amide bonds. The first kappa shape index (κ1) is 17.9. The first-order valence-corrected chi connectivity index (χ1v) is 8.51. The van der Waals surface area contributed by atoms with Crippen LogP contribution in [0.4, 0.5) is 0 Å². The van der Waals surface area contributed by atoms with Gasteiger partial charge >= 0.3 is 0 Å². The van der Waals surface area contributed by atoms with Crippen molar-refractivity contribution < 1.29 is 0 Å². The van der Waals surface area contributed by atoms with Gasteiger partial charge in [-0.3, -0.25) is 0 Å². The minimum absolute atomic E-state index is 0.318. The smallest absolute Gasteiger partial charge is 0.219 e. The van der Waals surface area contributed by atoms with Crippen LogP contribution >= 0.6 is 11.6 Å². The molecule has 0 aliphatic carbocycles. The molecular formula is C18H27ClN2. The fourth-order valence-corrected chi connectivity index (χ4v) is 2.25. The maximum absolute atomic E-state index is 5.99. The SMILES string of the molecule is CCCCC/C=C/c1cc(/C=C/CCCCC)nc(Cl)n1. The van der Waals surface area contributed by atoms with Crippen LogP contribution in [0.3, 0.4) is 0 Å². The van der Waals surface area contributed by atoms with Crippen LogP contribution < -0.4 is 0 Å². The molecule has 0 aliphatic rings. The Kier molecular flexibility index (Phi) is 9.81. The van der Waals surface area contributed by atoms with Crippen molar-refractivity contribution in [2.24, 2.45) is 0 Å². The lowest BCUT2D eigenvalue weighted by molar-refractivity contribution is 0.730. The van der Waals surface area contributed by atoms with Gasteiger partial charge in [0.15, 0.2) is 0 Å². The topological polar surface area (TPSA) is 25.8 Å². The number of hydrogen-bond acceptors (Lipinski definition) is 2. The van der Waals surface area contributed by atoms with Crippen LogP contribution in [0.25, 0.3) is 12.2 Å². The van der Waals surface area contributed by atoms with Crippen molar-refractivity contribution in [1.82, 2.24) is 9.97 Å². The molecule has 3 heteroatoms.